The van der Waals surface area contributed by atoms with Gasteiger partial charge in [0.25, 0.3) is 0 Å². The molecule has 22 heavy (non-hydrogen) atoms. The molecule has 0 amide bonds. The van der Waals surface area contributed by atoms with Crippen molar-refractivity contribution in [2.24, 2.45) is 0 Å². The van der Waals surface area contributed by atoms with Crippen LogP contribution in [0.15, 0.2) is 54.6 Å². The molecule has 1 heterocycles. The molecule has 0 fully saturated rings. The van der Waals surface area contributed by atoms with E-state index in [0.29, 0.717) is 12.6 Å². The summed E-state index contributed by atoms with van der Waals surface area (Å²) in [5, 5.41) is 0. The average molecular weight is 362 g/mol. The number of ether oxygens (including phenoxy) is 1. The van der Waals surface area contributed by atoms with Gasteiger partial charge in [-0.05, 0) is 30.7 Å². The van der Waals surface area contributed by atoms with Crippen LogP contribution in [0.3, 0.4) is 0 Å². The molecule has 1 unspecified atom stereocenters. The van der Waals surface area contributed by atoms with Gasteiger partial charge in [-0.15, -0.1) is 17.0 Å². The van der Waals surface area contributed by atoms with E-state index < -0.39 is 0 Å². The number of hydrogen-bond donors (Lipinski definition) is 0. The van der Waals surface area contributed by atoms with Gasteiger partial charge in [0, 0.05) is 17.1 Å². The van der Waals surface area contributed by atoms with Gasteiger partial charge in [0.05, 0.1) is 6.54 Å². The van der Waals surface area contributed by atoms with E-state index in [2.05, 4.69) is 49.9 Å². The SMILES string of the molecule is Br.CC1N(CCOc2ccccc2)c2ccccc2C1(C)C. The fraction of sp³-hybridized carbons (Fsp3) is 0.368. The third-order valence-corrected chi connectivity index (χ3v) is 4.76. The van der Waals surface area contributed by atoms with Crippen LogP contribution in [0.5, 0.6) is 5.75 Å². The maximum atomic E-state index is 5.86. The molecule has 0 aromatic heterocycles. The standard InChI is InChI=1S/C19H23NO.BrH/c1-15-19(2,3)17-11-7-8-12-18(17)20(15)13-14-21-16-9-5-4-6-10-16;/h4-12,15H,13-14H2,1-3H3;1H. The fourth-order valence-electron chi connectivity index (χ4n) is 3.18. The fourth-order valence-corrected chi connectivity index (χ4v) is 3.18. The van der Waals surface area contributed by atoms with Crippen LogP contribution in [-0.4, -0.2) is 19.2 Å². The largest absolute Gasteiger partial charge is 0.492 e. The Kier molecular flexibility index (Phi) is 5.17. The minimum atomic E-state index is 0. The van der Waals surface area contributed by atoms with Crippen LogP contribution in [-0.2, 0) is 5.41 Å². The summed E-state index contributed by atoms with van der Waals surface area (Å²) in [6, 6.07) is 19.3. The Balaban J connectivity index is 0.00000176. The van der Waals surface area contributed by atoms with Gasteiger partial charge in [0.15, 0.2) is 0 Å². The van der Waals surface area contributed by atoms with Crippen LogP contribution in [0.2, 0.25) is 0 Å². The van der Waals surface area contributed by atoms with E-state index in [1.165, 1.54) is 11.3 Å². The summed E-state index contributed by atoms with van der Waals surface area (Å²) in [6.07, 6.45) is 0. The number of rotatable bonds is 4. The molecule has 0 bridgehead atoms. The van der Waals surface area contributed by atoms with Gasteiger partial charge in [-0.1, -0.05) is 50.2 Å². The van der Waals surface area contributed by atoms with Crippen LogP contribution < -0.4 is 9.64 Å². The smallest absolute Gasteiger partial charge is 0.119 e. The molecule has 0 aliphatic carbocycles. The van der Waals surface area contributed by atoms with E-state index in [4.69, 9.17) is 4.74 Å². The van der Waals surface area contributed by atoms with Crippen molar-refractivity contribution >= 4 is 22.7 Å². The van der Waals surface area contributed by atoms with Crippen molar-refractivity contribution < 1.29 is 4.74 Å². The zero-order valence-corrected chi connectivity index (χ0v) is 15.2. The van der Waals surface area contributed by atoms with Crippen LogP contribution >= 0.6 is 17.0 Å². The zero-order chi connectivity index (χ0) is 14.9. The highest BCUT2D eigenvalue weighted by molar-refractivity contribution is 8.93. The Hall–Kier alpha value is -1.48. The number of halogens is 1. The number of hydrogen-bond acceptors (Lipinski definition) is 2. The van der Waals surface area contributed by atoms with E-state index >= 15 is 0 Å². The van der Waals surface area contributed by atoms with Crippen LogP contribution in [0.25, 0.3) is 0 Å². The minimum absolute atomic E-state index is 0. The first-order valence-corrected chi connectivity index (χ1v) is 7.64. The van der Waals surface area contributed by atoms with Crippen LogP contribution in [0.4, 0.5) is 5.69 Å². The first-order valence-electron chi connectivity index (χ1n) is 7.64. The third-order valence-electron chi connectivity index (χ3n) is 4.76. The summed E-state index contributed by atoms with van der Waals surface area (Å²) in [5.41, 5.74) is 2.98. The first kappa shape index (κ1) is 16.9. The first-order chi connectivity index (χ1) is 10.1. The number of fused-ring (bicyclic) bond motifs is 1. The van der Waals surface area contributed by atoms with Crippen LogP contribution in [0.1, 0.15) is 26.3 Å². The molecular formula is C19H24BrNO. The Morgan fingerprint density at radius 2 is 1.64 bits per heavy atom. The number of nitrogens with zero attached hydrogens (tertiary/aromatic N) is 1. The molecular weight excluding hydrogens is 338 g/mol. The Morgan fingerprint density at radius 3 is 2.36 bits per heavy atom. The Morgan fingerprint density at radius 1 is 1.00 bits per heavy atom. The van der Waals surface area contributed by atoms with Crippen molar-refractivity contribution in [3.8, 4) is 5.75 Å². The lowest BCUT2D eigenvalue weighted by molar-refractivity contribution is 0.314. The minimum Gasteiger partial charge on any atom is -0.492 e. The summed E-state index contributed by atoms with van der Waals surface area (Å²) < 4.78 is 5.86. The highest BCUT2D eigenvalue weighted by atomic mass is 79.9. The number of anilines is 1. The van der Waals surface area contributed by atoms with Gasteiger partial charge >= 0.3 is 0 Å². The van der Waals surface area contributed by atoms with Crippen molar-refractivity contribution in [3.05, 3.63) is 60.2 Å². The highest BCUT2D eigenvalue weighted by Gasteiger charge is 2.41. The normalized spacial score (nSPS) is 18.5. The molecule has 0 radical (unpaired) electrons. The molecule has 2 aromatic carbocycles. The summed E-state index contributed by atoms with van der Waals surface area (Å²) in [6.45, 7) is 8.58. The highest BCUT2D eigenvalue weighted by Crippen LogP contribution is 2.44. The molecule has 0 saturated carbocycles. The number of para-hydroxylation sites is 2. The molecule has 118 valence electrons. The molecule has 2 aromatic rings. The molecule has 0 spiro atoms. The van der Waals surface area contributed by atoms with Gasteiger partial charge < -0.3 is 9.64 Å². The monoisotopic (exact) mass is 361 g/mol. The predicted octanol–water partition coefficient (Wildman–Crippen LogP) is 4.83. The van der Waals surface area contributed by atoms with Crippen molar-refractivity contribution in [1.82, 2.24) is 0 Å². The zero-order valence-electron chi connectivity index (χ0n) is 13.5. The predicted molar refractivity (Wildman–Crippen MR) is 98.5 cm³/mol. The van der Waals surface area contributed by atoms with Crippen molar-refractivity contribution in [3.63, 3.8) is 0 Å². The summed E-state index contributed by atoms with van der Waals surface area (Å²) in [4.78, 5) is 2.47. The van der Waals surface area contributed by atoms with Crippen molar-refractivity contribution in [2.45, 2.75) is 32.2 Å². The molecule has 1 aliphatic rings. The Labute approximate surface area is 143 Å². The lowest BCUT2D eigenvalue weighted by atomic mass is 9.81. The molecule has 3 heteroatoms. The van der Waals surface area contributed by atoms with Gasteiger partial charge in [-0.2, -0.15) is 0 Å². The molecule has 1 atom stereocenters. The van der Waals surface area contributed by atoms with E-state index in [0.717, 1.165) is 12.3 Å². The van der Waals surface area contributed by atoms with Gasteiger partial charge in [-0.3, -0.25) is 0 Å². The second-order valence-electron chi connectivity index (χ2n) is 6.27. The second-order valence-corrected chi connectivity index (χ2v) is 6.27. The maximum Gasteiger partial charge on any atom is 0.119 e. The van der Waals surface area contributed by atoms with E-state index in [-0.39, 0.29) is 22.4 Å². The van der Waals surface area contributed by atoms with Gasteiger partial charge in [0.2, 0.25) is 0 Å². The van der Waals surface area contributed by atoms with E-state index in [1.54, 1.807) is 0 Å². The Bertz CT molecular complexity index is 612. The van der Waals surface area contributed by atoms with Gasteiger partial charge in [-0.25, -0.2) is 0 Å². The second kappa shape index (κ2) is 6.74. The average Bonchev–Trinajstić information content (AvgIpc) is 2.70. The summed E-state index contributed by atoms with van der Waals surface area (Å²) >= 11 is 0. The lowest BCUT2D eigenvalue weighted by Gasteiger charge is -2.31. The van der Waals surface area contributed by atoms with Gasteiger partial charge in [0.1, 0.15) is 12.4 Å². The van der Waals surface area contributed by atoms with E-state index in [1.807, 2.05) is 30.3 Å². The topological polar surface area (TPSA) is 12.5 Å². The van der Waals surface area contributed by atoms with Crippen LogP contribution in [0, 0.1) is 0 Å². The van der Waals surface area contributed by atoms with Crippen molar-refractivity contribution in [2.75, 3.05) is 18.1 Å². The number of benzene rings is 2. The summed E-state index contributed by atoms with van der Waals surface area (Å²) in [7, 11) is 0. The molecule has 1 aliphatic heterocycles. The third kappa shape index (κ3) is 3.00. The maximum absolute atomic E-state index is 5.86. The lowest BCUT2D eigenvalue weighted by Crippen LogP contribution is -2.40. The quantitative estimate of drug-likeness (QED) is 0.773. The summed E-state index contributed by atoms with van der Waals surface area (Å²) in [5.74, 6) is 0.942. The van der Waals surface area contributed by atoms with E-state index in [9.17, 15) is 0 Å². The molecule has 0 saturated heterocycles. The molecule has 0 N–H and O–H groups in total. The molecule has 3 rings (SSSR count). The van der Waals surface area contributed by atoms with Crippen molar-refractivity contribution in [1.29, 1.82) is 0 Å². The molecule has 2 nitrogen and oxygen atoms in total.